The average Bonchev–Trinajstić information content (AvgIpc) is 2.72. The fourth-order valence-electron chi connectivity index (χ4n) is 3.70. The van der Waals surface area contributed by atoms with E-state index < -0.39 is 0 Å². The van der Waals surface area contributed by atoms with Crippen LogP contribution >= 0.6 is 12.6 Å². The molecule has 2 aromatic rings. The van der Waals surface area contributed by atoms with Crippen LogP contribution in [0.3, 0.4) is 0 Å². The summed E-state index contributed by atoms with van der Waals surface area (Å²) in [6, 6.07) is 17.8. The van der Waals surface area contributed by atoms with Gasteiger partial charge in [-0.1, -0.05) is 61.9 Å². The molecular weight excluding hydrogens is 248 g/mol. The Labute approximate surface area is 121 Å². The summed E-state index contributed by atoms with van der Waals surface area (Å²) < 4.78 is 0. The molecule has 0 nitrogen and oxygen atoms in total. The fourth-order valence-corrected chi connectivity index (χ4v) is 4.08. The van der Waals surface area contributed by atoms with Crippen LogP contribution < -0.4 is 0 Å². The molecule has 0 radical (unpaired) electrons. The third kappa shape index (κ3) is 1.83. The van der Waals surface area contributed by atoms with Gasteiger partial charge < -0.3 is 0 Å². The number of thiol groups is 1. The Bertz CT molecular complexity index is 532. The molecule has 3 rings (SSSR count). The highest BCUT2D eigenvalue weighted by Crippen LogP contribution is 2.52. The highest BCUT2D eigenvalue weighted by molar-refractivity contribution is 7.80. The highest BCUT2D eigenvalue weighted by Gasteiger charge is 2.41. The first-order valence-electron chi connectivity index (χ1n) is 7.14. The Kier molecular flexibility index (Phi) is 3.40. The van der Waals surface area contributed by atoms with Crippen LogP contribution in [0.1, 0.15) is 37.3 Å². The van der Waals surface area contributed by atoms with Crippen molar-refractivity contribution in [1.82, 2.24) is 0 Å². The van der Waals surface area contributed by atoms with Crippen molar-refractivity contribution in [3.63, 3.8) is 0 Å². The lowest BCUT2D eigenvalue weighted by Crippen LogP contribution is -2.25. The molecule has 0 aromatic heterocycles. The van der Waals surface area contributed by atoms with Gasteiger partial charge in [-0.25, -0.2) is 0 Å². The summed E-state index contributed by atoms with van der Waals surface area (Å²) in [4.78, 5) is 0. The van der Waals surface area contributed by atoms with Crippen LogP contribution in [-0.2, 0) is 5.41 Å². The lowest BCUT2D eigenvalue weighted by molar-refractivity contribution is 0.465. The largest absolute Gasteiger partial charge is 0.179 e. The average molecular weight is 268 g/mol. The maximum Gasteiger partial charge on any atom is 0.0222 e. The Balaban J connectivity index is 2.28. The minimum Gasteiger partial charge on any atom is -0.179 e. The van der Waals surface area contributed by atoms with Gasteiger partial charge in [0.2, 0.25) is 0 Å². The molecule has 0 N–H and O–H groups in total. The normalized spacial score (nSPS) is 15.1. The van der Waals surface area contributed by atoms with E-state index in [0.717, 1.165) is 12.2 Å². The zero-order valence-corrected chi connectivity index (χ0v) is 12.3. The highest BCUT2D eigenvalue weighted by atomic mass is 32.1. The molecule has 2 aromatic carbocycles. The predicted molar refractivity (Wildman–Crippen MR) is 86.0 cm³/mol. The molecule has 1 aliphatic rings. The van der Waals surface area contributed by atoms with Crippen LogP contribution in [0.4, 0.5) is 0 Å². The van der Waals surface area contributed by atoms with Crippen LogP contribution in [0.2, 0.25) is 0 Å². The van der Waals surface area contributed by atoms with Crippen LogP contribution in [0, 0.1) is 0 Å². The van der Waals surface area contributed by atoms with Crippen molar-refractivity contribution in [3.8, 4) is 11.1 Å². The van der Waals surface area contributed by atoms with E-state index in [1.165, 1.54) is 35.1 Å². The maximum atomic E-state index is 4.53. The van der Waals surface area contributed by atoms with Gasteiger partial charge in [-0.2, -0.15) is 12.6 Å². The molecule has 0 spiro atoms. The number of fused-ring (bicyclic) bond motifs is 3. The summed E-state index contributed by atoms with van der Waals surface area (Å²) in [7, 11) is 0. The lowest BCUT2D eigenvalue weighted by Gasteiger charge is -2.31. The van der Waals surface area contributed by atoms with Crippen LogP contribution in [0.5, 0.6) is 0 Å². The van der Waals surface area contributed by atoms with Crippen LogP contribution in [-0.4, -0.2) is 5.75 Å². The first kappa shape index (κ1) is 12.8. The zero-order chi connectivity index (χ0) is 13.3. The summed E-state index contributed by atoms with van der Waals surface area (Å²) in [5.74, 6) is 0.933. The van der Waals surface area contributed by atoms with Crippen LogP contribution in [0.15, 0.2) is 48.5 Å². The molecular formula is C18H20S. The van der Waals surface area contributed by atoms with E-state index in [1.54, 1.807) is 0 Å². The molecule has 19 heavy (non-hydrogen) atoms. The topological polar surface area (TPSA) is 0 Å². The van der Waals surface area contributed by atoms with E-state index >= 15 is 0 Å². The molecule has 0 fully saturated rings. The second kappa shape index (κ2) is 5.05. The van der Waals surface area contributed by atoms with E-state index in [9.17, 15) is 0 Å². The van der Waals surface area contributed by atoms with Crippen molar-refractivity contribution >= 4 is 12.6 Å². The molecule has 1 aliphatic carbocycles. The molecule has 1 heteroatoms. The van der Waals surface area contributed by atoms with Crippen molar-refractivity contribution in [2.24, 2.45) is 0 Å². The first-order chi connectivity index (χ1) is 9.33. The van der Waals surface area contributed by atoms with E-state index in [-0.39, 0.29) is 5.41 Å². The summed E-state index contributed by atoms with van der Waals surface area (Å²) in [5, 5.41) is 0. The number of rotatable bonds is 4. The minimum absolute atomic E-state index is 0.184. The molecule has 0 saturated heterocycles. The van der Waals surface area contributed by atoms with Gasteiger partial charge in [0.05, 0.1) is 0 Å². The zero-order valence-electron chi connectivity index (χ0n) is 11.4. The van der Waals surface area contributed by atoms with Crippen molar-refractivity contribution < 1.29 is 0 Å². The predicted octanol–water partition coefficient (Wildman–Crippen LogP) is 5.07. The Morgan fingerprint density at radius 1 is 0.842 bits per heavy atom. The third-order valence-corrected chi connectivity index (χ3v) is 4.61. The van der Waals surface area contributed by atoms with Gasteiger partial charge in [-0.05, 0) is 40.8 Å². The molecule has 0 amide bonds. The number of hydrogen-bond acceptors (Lipinski definition) is 1. The van der Waals surface area contributed by atoms with E-state index in [2.05, 4.69) is 68.1 Å². The summed E-state index contributed by atoms with van der Waals surface area (Å²) in [6.45, 7) is 2.28. The quantitative estimate of drug-likeness (QED) is 0.735. The molecule has 0 bridgehead atoms. The van der Waals surface area contributed by atoms with Gasteiger partial charge in [0, 0.05) is 5.41 Å². The Morgan fingerprint density at radius 3 is 1.84 bits per heavy atom. The van der Waals surface area contributed by atoms with Crippen molar-refractivity contribution in [3.05, 3.63) is 59.7 Å². The van der Waals surface area contributed by atoms with E-state index in [0.29, 0.717) is 0 Å². The second-order valence-electron chi connectivity index (χ2n) is 5.40. The summed E-state index contributed by atoms with van der Waals surface area (Å²) in [6.07, 6.45) is 3.54. The van der Waals surface area contributed by atoms with Gasteiger partial charge in [-0.3, -0.25) is 0 Å². The van der Waals surface area contributed by atoms with E-state index in [4.69, 9.17) is 0 Å². The van der Waals surface area contributed by atoms with Crippen molar-refractivity contribution in [2.45, 2.75) is 31.6 Å². The minimum atomic E-state index is 0.184. The third-order valence-electron chi connectivity index (χ3n) is 4.39. The van der Waals surface area contributed by atoms with Gasteiger partial charge in [0.15, 0.2) is 0 Å². The molecule has 0 atom stereocenters. The Morgan fingerprint density at radius 2 is 1.37 bits per heavy atom. The molecule has 0 saturated carbocycles. The maximum absolute atomic E-state index is 4.53. The Hall–Kier alpha value is -1.21. The molecule has 0 heterocycles. The SMILES string of the molecule is CCCC1(CCS)c2ccccc2-c2ccccc21. The van der Waals surface area contributed by atoms with Gasteiger partial charge >= 0.3 is 0 Å². The van der Waals surface area contributed by atoms with Gasteiger partial charge in [0.1, 0.15) is 0 Å². The summed E-state index contributed by atoms with van der Waals surface area (Å²) >= 11 is 4.53. The molecule has 0 aliphatic heterocycles. The number of benzene rings is 2. The summed E-state index contributed by atoms with van der Waals surface area (Å²) in [5.41, 5.74) is 6.05. The van der Waals surface area contributed by atoms with Crippen molar-refractivity contribution in [2.75, 3.05) is 5.75 Å². The molecule has 98 valence electrons. The first-order valence-corrected chi connectivity index (χ1v) is 7.77. The standard InChI is InChI=1S/C18H20S/c1-2-11-18(12-13-19)16-9-5-3-7-14(16)15-8-4-6-10-17(15)18/h3-10,19H,2,11-13H2,1H3. The van der Waals surface area contributed by atoms with E-state index in [1.807, 2.05) is 0 Å². The smallest absolute Gasteiger partial charge is 0.0222 e. The monoisotopic (exact) mass is 268 g/mol. The molecule has 0 unspecified atom stereocenters. The van der Waals surface area contributed by atoms with Crippen molar-refractivity contribution in [1.29, 1.82) is 0 Å². The lowest BCUT2D eigenvalue weighted by atomic mass is 9.73. The van der Waals surface area contributed by atoms with Crippen LogP contribution in [0.25, 0.3) is 11.1 Å². The van der Waals surface area contributed by atoms with Gasteiger partial charge in [-0.15, -0.1) is 0 Å². The fraction of sp³-hybridized carbons (Fsp3) is 0.333. The number of hydrogen-bond donors (Lipinski definition) is 1. The second-order valence-corrected chi connectivity index (χ2v) is 5.84. The van der Waals surface area contributed by atoms with Gasteiger partial charge in [0.25, 0.3) is 0 Å².